The van der Waals surface area contributed by atoms with Gasteiger partial charge in [-0.1, -0.05) is 20.8 Å². The Morgan fingerprint density at radius 1 is 1.50 bits per heavy atom. The van der Waals surface area contributed by atoms with Crippen LogP contribution in [0.3, 0.4) is 0 Å². The first-order valence-electron chi connectivity index (χ1n) is 7.22. The molecule has 0 bridgehead atoms. The Hall–Kier alpha value is -1.07. The van der Waals surface area contributed by atoms with Crippen LogP contribution in [0.2, 0.25) is 0 Å². The summed E-state index contributed by atoms with van der Waals surface area (Å²) in [4.78, 5) is 2.16. The summed E-state index contributed by atoms with van der Waals surface area (Å²) in [6, 6.07) is 0.289. The lowest BCUT2D eigenvalue weighted by atomic mass is 9.87. The second-order valence-electron chi connectivity index (χ2n) is 6.67. The van der Waals surface area contributed by atoms with Gasteiger partial charge in [-0.15, -0.1) is 0 Å². The molecule has 1 atom stereocenters. The zero-order valence-corrected chi connectivity index (χ0v) is 13.9. The third-order valence-corrected chi connectivity index (χ3v) is 3.66. The summed E-state index contributed by atoms with van der Waals surface area (Å²) in [7, 11) is 4.15. The molecule has 0 aliphatic carbocycles. The number of allylic oxidation sites excluding steroid dienone is 1. The molecule has 1 saturated heterocycles. The first kappa shape index (κ1) is 17.0. The van der Waals surface area contributed by atoms with Crippen molar-refractivity contribution < 1.29 is 4.74 Å². The van der Waals surface area contributed by atoms with Crippen molar-refractivity contribution in [3.05, 3.63) is 11.5 Å². The second-order valence-corrected chi connectivity index (χ2v) is 6.67. The number of hydrazone groups is 1. The van der Waals surface area contributed by atoms with Crippen LogP contribution in [0.15, 0.2) is 16.6 Å². The molecule has 1 aliphatic heterocycles. The van der Waals surface area contributed by atoms with Crippen molar-refractivity contribution in [3.8, 4) is 0 Å². The van der Waals surface area contributed by atoms with Crippen molar-refractivity contribution in [1.82, 2.24) is 15.2 Å². The minimum atomic E-state index is 0.0729. The molecule has 1 aliphatic rings. The minimum Gasteiger partial charge on any atom is -0.476 e. The molecule has 5 nitrogen and oxygen atoms in total. The minimum absolute atomic E-state index is 0.0729. The van der Waals surface area contributed by atoms with E-state index in [4.69, 9.17) is 4.74 Å². The normalized spacial score (nSPS) is 22.8. The SMILES string of the molecule is C=NN1CC(NCCN(C)C)CO/C1=C(/C)C(C)(C)C. The Morgan fingerprint density at radius 2 is 2.15 bits per heavy atom. The highest BCUT2D eigenvalue weighted by Gasteiger charge is 2.28. The molecular formula is C15H30N4O. The Labute approximate surface area is 123 Å². The zero-order valence-electron chi connectivity index (χ0n) is 13.9. The first-order valence-corrected chi connectivity index (χ1v) is 7.22. The van der Waals surface area contributed by atoms with Gasteiger partial charge in [0, 0.05) is 19.8 Å². The maximum Gasteiger partial charge on any atom is 0.209 e. The van der Waals surface area contributed by atoms with Gasteiger partial charge in [-0.2, -0.15) is 5.10 Å². The van der Waals surface area contributed by atoms with Gasteiger partial charge in [0.2, 0.25) is 5.88 Å². The quantitative estimate of drug-likeness (QED) is 0.780. The van der Waals surface area contributed by atoms with Gasteiger partial charge in [-0.25, -0.2) is 5.01 Å². The fourth-order valence-corrected chi connectivity index (χ4v) is 1.96. The van der Waals surface area contributed by atoms with Crippen molar-refractivity contribution in [2.24, 2.45) is 10.5 Å². The van der Waals surface area contributed by atoms with Crippen LogP contribution in [-0.4, -0.2) is 63.0 Å². The Morgan fingerprint density at radius 3 is 2.65 bits per heavy atom. The van der Waals surface area contributed by atoms with Gasteiger partial charge in [0.05, 0.1) is 12.6 Å². The van der Waals surface area contributed by atoms with Gasteiger partial charge >= 0.3 is 0 Å². The Balaban J connectivity index is 2.65. The van der Waals surface area contributed by atoms with E-state index in [9.17, 15) is 0 Å². The lowest BCUT2D eigenvalue weighted by Crippen LogP contribution is -2.48. The molecule has 0 aromatic carbocycles. The van der Waals surface area contributed by atoms with Crippen LogP contribution in [0.1, 0.15) is 27.7 Å². The van der Waals surface area contributed by atoms with Crippen LogP contribution in [0, 0.1) is 5.41 Å². The average Bonchev–Trinajstić information content (AvgIpc) is 2.36. The van der Waals surface area contributed by atoms with Gasteiger partial charge in [-0.05, 0) is 32.0 Å². The molecule has 0 aromatic rings. The highest BCUT2D eigenvalue weighted by atomic mass is 16.5. The van der Waals surface area contributed by atoms with E-state index in [2.05, 4.69) is 63.8 Å². The van der Waals surface area contributed by atoms with Crippen LogP contribution in [0.5, 0.6) is 0 Å². The first-order chi connectivity index (χ1) is 9.25. The summed E-state index contributed by atoms with van der Waals surface area (Å²) in [5.74, 6) is 0.859. The van der Waals surface area contributed by atoms with E-state index in [0.29, 0.717) is 6.61 Å². The number of hydrogen-bond acceptors (Lipinski definition) is 5. The van der Waals surface area contributed by atoms with E-state index in [-0.39, 0.29) is 11.5 Å². The molecule has 0 amide bonds. The van der Waals surface area contributed by atoms with Gasteiger partial charge in [0.15, 0.2) is 0 Å². The van der Waals surface area contributed by atoms with E-state index in [1.54, 1.807) is 0 Å². The van der Waals surface area contributed by atoms with Crippen LogP contribution >= 0.6 is 0 Å². The van der Waals surface area contributed by atoms with Crippen LogP contribution in [0.25, 0.3) is 0 Å². The number of nitrogens with one attached hydrogen (secondary N) is 1. The largest absolute Gasteiger partial charge is 0.476 e. The molecule has 1 fully saturated rings. The second kappa shape index (κ2) is 7.09. The standard InChI is InChI=1S/C15H30N4O/c1-12(15(2,3)4)14-19(16-5)10-13(11-20-14)17-8-9-18(6)7/h13,17H,5,8-11H2,1-4,6-7H3/b14-12-. The monoisotopic (exact) mass is 282 g/mol. The van der Waals surface area contributed by atoms with Gasteiger partial charge < -0.3 is 15.0 Å². The number of likely N-dealkylation sites (N-methyl/N-ethyl adjacent to an activating group) is 1. The third kappa shape index (κ3) is 4.80. The fraction of sp³-hybridized carbons (Fsp3) is 0.800. The molecule has 0 saturated carbocycles. The van der Waals surface area contributed by atoms with Crippen molar-refractivity contribution in [2.75, 3.05) is 40.3 Å². The summed E-state index contributed by atoms with van der Waals surface area (Å²) >= 11 is 0. The summed E-state index contributed by atoms with van der Waals surface area (Å²) in [5, 5.41) is 9.48. The van der Waals surface area contributed by atoms with E-state index in [1.807, 2.05) is 5.01 Å². The molecule has 1 unspecified atom stereocenters. The van der Waals surface area contributed by atoms with E-state index >= 15 is 0 Å². The van der Waals surface area contributed by atoms with Crippen molar-refractivity contribution in [2.45, 2.75) is 33.7 Å². The molecule has 20 heavy (non-hydrogen) atoms. The van der Waals surface area contributed by atoms with Crippen molar-refractivity contribution in [1.29, 1.82) is 0 Å². The van der Waals surface area contributed by atoms with Crippen molar-refractivity contribution >= 4 is 6.72 Å². The van der Waals surface area contributed by atoms with E-state index in [1.165, 1.54) is 5.57 Å². The van der Waals surface area contributed by atoms with Gasteiger partial charge in [0.1, 0.15) is 6.61 Å². The van der Waals surface area contributed by atoms with Crippen LogP contribution < -0.4 is 5.32 Å². The number of rotatable bonds is 5. The molecule has 0 spiro atoms. The molecule has 0 radical (unpaired) electrons. The molecule has 5 heteroatoms. The lowest BCUT2D eigenvalue weighted by molar-refractivity contribution is 0.0348. The number of ether oxygens (including phenoxy) is 1. The van der Waals surface area contributed by atoms with Crippen molar-refractivity contribution in [3.63, 3.8) is 0 Å². The van der Waals surface area contributed by atoms with Crippen LogP contribution in [-0.2, 0) is 4.74 Å². The Kier molecular flexibility index (Phi) is 6.02. The maximum absolute atomic E-state index is 5.94. The molecule has 1 rings (SSSR count). The van der Waals surface area contributed by atoms with Crippen LogP contribution in [0.4, 0.5) is 0 Å². The number of hydrogen-bond donors (Lipinski definition) is 1. The van der Waals surface area contributed by atoms with E-state index < -0.39 is 0 Å². The lowest BCUT2D eigenvalue weighted by Gasteiger charge is -2.36. The highest BCUT2D eigenvalue weighted by molar-refractivity contribution is 5.24. The smallest absolute Gasteiger partial charge is 0.209 e. The summed E-state index contributed by atoms with van der Waals surface area (Å²) in [6.45, 7) is 15.8. The maximum atomic E-state index is 5.94. The molecule has 1 heterocycles. The van der Waals surface area contributed by atoms with E-state index in [0.717, 1.165) is 25.5 Å². The van der Waals surface area contributed by atoms with Gasteiger partial charge in [-0.3, -0.25) is 0 Å². The topological polar surface area (TPSA) is 40.1 Å². The highest BCUT2D eigenvalue weighted by Crippen LogP contribution is 2.31. The zero-order chi connectivity index (χ0) is 15.3. The Bertz CT molecular complexity index is 357. The predicted molar refractivity (Wildman–Crippen MR) is 84.7 cm³/mol. The molecule has 116 valence electrons. The third-order valence-electron chi connectivity index (χ3n) is 3.66. The summed E-state index contributed by atoms with van der Waals surface area (Å²) in [6.07, 6.45) is 0. The van der Waals surface area contributed by atoms with Gasteiger partial charge in [0.25, 0.3) is 0 Å². The molecule has 1 N–H and O–H groups in total. The molecule has 0 aromatic heterocycles. The predicted octanol–water partition coefficient (Wildman–Crippen LogP) is 1.73. The summed E-state index contributed by atoms with van der Waals surface area (Å²) < 4.78 is 5.94. The average molecular weight is 282 g/mol. The molecular weight excluding hydrogens is 252 g/mol. The number of nitrogens with zero attached hydrogens (tertiary/aromatic N) is 3. The summed E-state index contributed by atoms with van der Waals surface area (Å²) in [5.41, 5.74) is 1.28. The fourth-order valence-electron chi connectivity index (χ4n) is 1.96.